The standard InChI is InChI=1S/C21H20Cl2N2O2/c1-13-10-15(7-9-17(13)22)19-4-3-5-20(25-21(24-19)27-2)16-11-14(12-26)6-8-18(16)23/h5-11,26H,3-4,12H2,1-2H3/b20-5+,24-19?,25-21?. The molecule has 1 aliphatic heterocycles. The summed E-state index contributed by atoms with van der Waals surface area (Å²) < 4.78 is 5.38. The molecular weight excluding hydrogens is 383 g/mol. The van der Waals surface area contributed by atoms with Gasteiger partial charge in [-0.05, 0) is 60.7 Å². The van der Waals surface area contributed by atoms with E-state index in [4.69, 9.17) is 27.9 Å². The van der Waals surface area contributed by atoms with Crippen molar-refractivity contribution in [3.8, 4) is 0 Å². The van der Waals surface area contributed by atoms with Crippen LogP contribution in [0.25, 0.3) is 5.70 Å². The second kappa shape index (κ2) is 8.70. The number of nitrogens with zero attached hydrogens (tertiary/aromatic N) is 2. The maximum absolute atomic E-state index is 9.40. The molecule has 0 spiro atoms. The second-order valence-corrected chi connectivity index (χ2v) is 7.04. The summed E-state index contributed by atoms with van der Waals surface area (Å²) in [4.78, 5) is 9.16. The van der Waals surface area contributed by atoms with E-state index in [1.165, 1.54) is 7.11 Å². The van der Waals surface area contributed by atoms with Gasteiger partial charge in [-0.15, -0.1) is 0 Å². The molecule has 3 rings (SSSR count). The molecule has 2 aromatic carbocycles. The van der Waals surface area contributed by atoms with Crippen molar-refractivity contribution in [1.29, 1.82) is 0 Å². The van der Waals surface area contributed by atoms with Crippen molar-refractivity contribution in [1.82, 2.24) is 0 Å². The summed E-state index contributed by atoms with van der Waals surface area (Å²) in [5.41, 5.74) is 5.09. The van der Waals surface area contributed by atoms with Gasteiger partial charge in [-0.25, -0.2) is 0 Å². The molecule has 0 amide bonds. The number of halogens is 2. The molecule has 0 aromatic heterocycles. The first kappa shape index (κ1) is 19.6. The molecule has 6 heteroatoms. The van der Waals surface area contributed by atoms with Crippen LogP contribution in [0.1, 0.15) is 35.1 Å². The summed E-state index contributed by atoms with van der Waals surface area (Å²) in [5.74, 6) is 0. The number of hydrogen-bond acceptors (Lipinski definition) is 4. The Balaban J connectivity index is 2.01. The van der Waals surface area contributed by atoms with Crippen LogP contribution in [-0.2, 0) is 11.3 Å². The number of aliphatic hydroxyl groups excluding tert-OH is 1. The topological polar surface area (TPSA) is 54.2 Å². The van der Waals surface area contributed by atoms with Gasteiger partial charge in [-0.1, -0.05) is 41.4 Å². The zero-order valence-corrected chi connectivity index (χ0v) is 16.7. The summed E-state index contributed by atoms with van der Waals surface area (Å²) in [5, 5.41) is 10.7. The molecule has 1 aliphatic rings. The van der Waals surface area contributed by atoms with Gasteiger partial charge in [0.1, 0.15) is 0 Å². The predicted octanol–water partition coefficient (Wildman–Crippen LogP) is 5.42. The van der Waals surface area contributed by atoms with E-state index in [1.54, 1.807) is 12.1 Å². The Hall–Kier alpha value is -2.14. The lowest BCUT2D eigenvalue weighted by Crippen LogP contribution is -2.09. The summed E-state index contributed by atoms with van der Waals surface area (Å²) in [6.45, 7) is 1.91. The fraction of sp³-hybridized carbons (Fsp3) is 0.238. The molecule has 0 fully saturated rings. The first-order chi connectivity index (χ1) is 13.0. The van der Waals surface area contributed by atoms with E-state index in [9.17, 15) is 5.11 Å². The number of benzene rings is 2. The van der Waals surface area contributed by atoms with Crippen LogP contribution >= 0.6 is 23.2 Å². The lowest BCUT2D eigenvalue weighted by atomic mass is 10.0. The zero-order valence-electron chi connectivity index (χ0n) is 15.2. The third-order valence-corrected chi connectivity index (χ3v) is 5.08. The quantitative estimate of drug-likeness (QED) is 0.744. The van der Waals surface area contributed by atoms with E-state index in [1.807, 2.05) is 37.3 Å². The molecule has 0 saturated carbocycles. The maximum Gasteiger partial charge on any atom is 0.316 e. The molecule has 4 nitrogen and oxygen atoms in total. The average Bonchev–Trinajstić information content (AvgIpc) is 2.65. The van der Waals surface area contributed by atoms with Gasteiger partial charge in [0.15, 0.2) is 0 Å². The van der Waals surface area contributed by atoms with Crippen molar-refractivity contribution in [3.05, 3.63) is 74.8 Å². The minimum Gasteiger partial charge on any atom is -0.467 e. The van der Waals surface area contributed by atoms with Crippen LogP contribution in [0.3, 0.4) is 0 Å². The molecule has 0 unspecified atom stereocenters. The Morgan fingerprint density at radius 3 is 2.56 bits per heavy atom. The maximum atomic E-state index is 9.40. The predicted molar refractivity (Wildman–Crippen MR) is 112 cm³/mol. The van der Waals surface area contributed by atoms with Crippen molar-refractivity contribution in [2.24, 2.45) is 9.98 Å². The molecule has 0 atom stereocenters. The fourth-order valence-corrected chi connectivity index (χ4v) is 3.18. The van der Waals surface area contributed by atoms with Gasteiger partial charge in [-0.2, -0.15) is 9.98 Å². The summed E-state index contributed by atoms with van der Waals surface area (Å²) in [7, 11) is 1.54. The molecule has 0 radical (unpaired) electrons. The highest BCUT2D eigenvalue weighted by Crippen LogP contribution is 2.29. The van der Waals surface area contributed by atoms with Crippen molar-refractivity contribution < 1.29 is 9.84 Å². The SMILES string of the molecule is COC1=N/C(c2cc(CO)ccc2Cl)=C/CCC(c2ccc(Cl)c(C)c2)=N1. The molecule has 1 N–H and O–H groups in total. The summed E-state index contributed by atoms with van der Waals surface area (Å²) >= 11 is 12.5. The summed E-state index contributed by atoms with van der Waals surface area (Å²) in [6.07, 6.45) is 3.49. The van der Waals surface area contributed by atoms with Crippen LogP contribution in [0.5, 0.6) is 0 Å². The molecule has 0 aliphatic carbocycles. The van der Waals surface area contributed by atoms with Gasteiger partial charge in [0.2, 0.25) is 0 Å². The van der Waals surface area contributed by atoms with E-state index >= 15 is 0 Å². The first-order valence-corrected chi connectivity index (χ1v) is 9.34. The Morgan fingerprint density at radius 1 is 1.07 bits per heavy atom. The van der Waals surface area contributed by atoms with Crippen molar-refractivity contribution in [3.63, 3.8) is 0 Å². The van der Waals surface area contributed by atoms with Crippen molar-refractivity contribution >= 4 is 40.6 Å². The number of rotatable bonds is 3. The van der Waals surface area contributed by atoms with Crippen LogP contribution < -0.4 is 0 Å². The average molecular weight is 403 g/mol. The second-order valence-electron chi connectivity index (χ2n) is 6.22. The Kier molecular flexibility index (Phi) is 6.32. The normalized spacial score (nSPS) is 16.6. The Labute approximate surface area is 168 Å². The molecule has 27 heavy (non-hydrogen) atoms. The minimum absolute atomic E-state index is 0.0590. The number of allylic oxidation sites excluding steroid dienone is 1. The zero-order chi connectivity index (χ0) is 19.4. The van der Waals surface area contributed by atoms with E-state index in [0.29, 0.717) is 10.7 Å². The van der Waals surface area contributed by atoms with Gasteiger partial charge in [0.05, 0.1) is 25.1 Å². The van der Waals surface area contributed by atoms with Crippen LogP contribution in [0.15, 0.2) is 52.5 Å². The smallest absolute Gasteiger partial charge is 0.316 e. The number of amidine groups is 1. The van der Waals surface area contributed by atoms with Gasteiger partial charge >= 0.3 is 6.02 Å². The molecule has 0 bridgehead atoms. The third kappa shape index (κ3) is 4.59. The number of aryl methyl sites for hydroxylation is 1. The largest absolute Gasteiger partial charge is 0.467 e. The number of aliphatic imine (C=N–C) groups is 2. The van der Waals surface area contributed by atoms with Crippen LogP contribution in [0.2, 0.25) is 10.0 Å². The number of methoxy groups -OCH3 is 1. The monoisotopic (exact) mass is 402 g/mol. The highest BCUT2D eigenvalue weighted by atomic mass is 35.5. The third-order valence-electron chi connectivity index (χ3n) is 4.33. The molecule has 1 heterocycles. The molecule has 2 aromatic rings. The highest BCUT2D eigenvalue weighted by Gasteiger charge is 2.14. The number of hydrogen-bond donors (Lipinski definition) is 1. The fourth-order valence-electron chi connectivity index (χ4n) is 2.85. The van der Waals surface area contributed by atoms with E-state index in [2.05, 4.69) is 9.98 Å². The van der Waals surface area contributed by atoms with Gasteiger partial charge in [-0.3, -0.25) is 0 Å². The first-order valence-electron chi connectivity index (χ1n) is 8.58. The van der Waals surface area contributed by atoms with Gasteiger partial charge < -0.3 is 9.84 Å². The van der Waals surface area contributed by atoms with Crippen molar-refractivity contribution in [2.75, 3.05) is 7.11 Å². The van der Waals surface area contributed by atoms with E-state index in [0.717, 1.165) is 45.8 Å². The van der Waals surface area contributed by atoms with Crippen molar-refractivity contribution in [2.45, 2.75) is 26.4 Å². The van der Waals surface area contributed by atoms with Crippen LogP contribution in [-0.4, -0.2) is 23.9 Å². The number of ether oxygens (including phenoxy) is 1. The van der Waals surface area contributed by atoms with E-state index in [-0.39, 0.29) is 12.6 Å². The Bertz CT molecular complexity index is 949. The number of aliphatic hydroxyl groups is 1. The van der Waals surface area contributed by atoms with E-state index < -0.39 is 0 Å². The van der Waals surface area contributed by atoms with Gasteiger partial charge in [0.25, 0.3) is 0 Å². The summed E-state index contributed by atoms with van der Waals surface area (Å²) in [6, 6.07) is 11.5. The lowest BCUT2D eigenvalue weighted by Gasteiger charge is -2.13. The highest BCUT2D eigenvalue weighted by molar-refractivity contribution is 6.32. The molecular formula is C21H20Cl2N2O2. The Morgan fingerprint density at radius 2 is 1.85 bits per heavy atom. The van der Waals surface area contributed by atoms with Crippen LogP contribution in [0, 0.1) is 6.92 Å². The molecule has 140 valence electrons. The van der Waals surface area contributed by atoms with Crippen LogP contribution in [0.4, 0.5) is 0 Å². The minimum atomic E-state index is -0.0590. The van der Waals surface area contributed by atoms with Gasteiger partial charge in [0, 0.05) is 15.6 Å². The molecule has 0 saturated heterocycles. The lowest BCUT2D eigenvalue weighted by molar-refractivity contribution is 0.282.